The van der Waals surface area contributed by atoms with Crippen molar-refractivity contribution in [1.29, 1.82) is 0 Å². The van der Waals surface area contributed by atoms with Crippen molar-refractivity contribution < 1.29 is 4.79 Å². The number of rotatable bonds is 2. The number of carbonyl (C=O) groups excluding carboxylic acids is 1. The van der Waals surface area contributed by atoms with E-state index < -0.39 is 0 Å². The van der Waals surface area contributed by atoms with Crippen LogP contribution in [-0.2, 0) is 5.41 Å². The molecule has 0 bridgehead atoms. The Bertz CT molecular complexity index is 871. The van der Waals surface area contributed by atoms with E-state index in [-0.39, 0.29) is 11.3 Å². The molecule has 24 heavy (non-hydrogen) atoms. The highest BCUT2D eigenvalue weighted by molar-refractivity contribution is 6.00. The molecule has 3 heterocycles. The number of aromatic nitrogens is 2. The molecule has 1 fully saturated rings. The van der Waals surface area contributed by atoms with E-state index in [4.69, 9.17) is 0 Å². The molecule has 122 valence electrons. The largest absolute Gasteiger partial charge is 0.338 e. The smallest absolute Gasteiger partial charge is 0.257 e. The third-order valence-electron chi connectivity index (χ3n) is 5.11. The van der Waals surface area contributed by atoms with E-state index in [0.29, 0.717) is 5.56 Å². The van der Waals surface area contributed by atoms with E-state index in [1.54, 1.807) is 10.7 Å². The van der Waals surface area contributed by atoms with Crippen molar-refractivity contribution in [3.63, 3.8) is 0 Å². The van der Waals surface area contributed by atoms with E-state index in [2.05, 4.69) is 36.3 Å². The first-order chi connectivity index (χ1) is 11.7. The van der Waals surface area contributed by atoms with Crippen molar-refractivity contribution in [2.24, 2.45) is 0 Å². The molecule has 1 aliphatic rings. The Morgan fingerprint density at radius 3 is 2.75 bits per heavy atom. The molecule has 0 unspecified atom stereocenters. The zero-order chi connectivity index (χ0) is 16.6. The fraction of sp³-hybridized carbons (Fsp3) is 0.300. The van der Waals surface area contributed by atoms with Gasteiger partial charge < -0.3 is 4.90 Å². The second-order valence-corrected chi connectivity index (χ2v) is 6.85. The van der Waals surface area contributed by atoms with E-state index >= 15 is 0 Å². The number of pyridine rings is 1. The minimum Gasteiger partial charge on any atom is -0.338 e. The topological polar surface area (TPSA) is 37.6 Å². The molecule has 0 radical (unpaired) electrons. The molecule has 0 spiro atoms. The van der Waals surface area contributed by atoms with E-state index in [1.807, 2.05) is 35.4 Å². The number of amides is 1. The van der Waals surface area contributed by atoms with Crippen LogP contribution in [0.5, 0.6) is 0 Å². The van der Waals surface area contributed by atoms with Crippen LogP contribution in [0.3, 0.4) is 0 Å². The summed E-state index contributed by atoms with van der Waals surface area (Å²) < 4.78 is 1.76. The summed E-state index contributed by atoms with van der Waals surface area (Å²) in [4.78, 5) is 15.1. The first kappa shape index (κ1) is 14.9. The number of carbonyl (C=O) groups is 1. The summed E-state index contributed by atoms with van der Waals surface area (Å²) in [5.74, 6) is 0.0815. The lowest BCUT2D eigenvalue weighted by Crippen LogP contribution is -2.47. The average molecular weight is 319 g/mol. The summed E-state index contributed by atoms with van der Waals surface area (Å²) in [6.45, 7) is 3.82. The zero-order valence-corrected chi connectivity index (χ0v) is 13.9. The number of benzene rings is 1. The molecular formula is C20H21N3O. The minimum absolute atomic E-state index is 0.0120. The SMILES string of the molecule is C[C@@]1(c2ccccc2)CCCN(C(=O)c2cnn3ccccc23)C1. The van der Waals surface area contributed by atoms with Gasteiger partial charge in [-0.2, -0.15) is 5.10 Å². The summed E-state index contributed by atoms with van der Waals surface area (Å²) >= 11 is 0. The van der Waals surface area contributed by atoms with Gasteiger partial charge in [0.1, 0.15) is 0 Å². The van der Waals surface area contributed by atoms with Crippen LogP contribution in [0, 0.1) is 0 Å². The van der Waals surface area contributed by atoms with Crippen molar-refractivity contribution in [3.05, 3.63) is 72.1 Å². The Hall–Kier alpha value is -2.62. The highest BCUT2D eigenvalue weighted by Crippen LogP contribution is 2.34. The molecule has 1 aliphatic heterocycles. The van der Waals surface area contributed by atoms with Crippen molar-refractivity contribution in [1.82, 2.24) is 14.5 Å². The molecule has 0 N–H and O–H groups in total. The Labute approximate surface area is 141 Å². The standard InChI is InChI=1S/C20H21N3O/c1-20(16-8-3-2-4-9-16)11-7-12-22(15-20)19(24)17-14-21-23-13-6-5-10-18(17)23/h2-6,8-10,13-14H,7,11-12,15H2,1H3/t20-/m1/s1. The van der Waals surface area contributed by atoms with Gasteiger partial charge in [-0.1, -0.05) is 43.3 Å². The third-order valence-corrected chi connectivity index (χ3v) is 5.11. The van der Waals surface area contributed by atoms with Gasteiger partial charge in [0.05, 0.1) is 17.3 Å². The summed E-state index contributed by atoms with van der Waals surface area (Å²) in [6, 6.07) is 16.3. The summed E-state index contributed by atoms with van der Waals surface area (Å²) in [5, 5.41) is 4.30. The first-order valence-electron chi connectivity index (χ1n) is 8.45. The number of likely N-dealkylation sites (tertiary alicyclic amines) is 1. The minimum atomic E-state index is 0.0120. The van der Waals surface area contributed by atoms with Crippen molar-refractivity contribution >= 4 is 11.4 Å². The van der Waals surface area contributed by atoms with Gasteiger partial charge in [-0.15, -0.1) is 0 Å². The van der Waals surface area contributed by atoms with Crippen LogP contribution >= 0.6 is 0 Å². The average Bonchev–Trinajstić information content (AvgIpc) is 3.06. The Balaban J connectivity index is 1.63. The predicted octanol–water partition coefficient (Wildman–Crippen LogP) is 3.53. The lowest BCUT2D eigenvalue weighted by Gasteiger charge is -2.41. The van der Waals surface area contributed by atoms with Gasteiger partial charge in [-0.05, 0) is 30.5 Å². The van der Waals surface area contributed by atoms with Crippen LogP contribution in [-0.4, -0.2) is 33.5 Å². The van der Waals surface area contributed by atoms with Crippen LogP contribution in [0.15, 0.2) is 60.9 Å². The molecule has 0 saturated carbocycles. The van der Waals surface area contributed by atoms with Gasteiger partial charge in [0.15, 0.2) is 0 Å². The highest BCUT2D eigenvalue weighted by Gasteiger charge is 2.35. The molecule has 4 nitrogen and oxygen atoms in total. The molecule has 3 aromatic rings. The number of nitrogens with zero attached hydrogens (tertiary/aromatic N) is 3. The van der Waals surface area contributed by atoms with E-state index in [0.717, 1.165) is 31.4 Å². The van der Waals surface area contributed by atoms with Crippen molar-refractivity contribution in [2.75, 3.05) is 13.1 Å². The quantitative estimate of drug-likeness (QED) is 0.725. The second-order valence-electron chi connectivity index (χ2n) is 6.85. The molecule has 1 saturated heterocycles. The van der Waals surface area contributed by atoms with Gasteiger partial charge in [0, 0.05) is 24.7 Å². The van der Waals surface area contributed by atoms with Crippen molar-refractivity contribution in [2.45, 2.75) is 25.2 Å². The zero-order valence-electron chi connectivity index (χ0n) is 13.9. The fourth-order valence-corrected chi connectivity index (χ4v) is 3.76. The maximum atomic E-state index is 13.1. The van der Waals surface area contributed by atoms with Crippen LogP contribution in [0.1, 0.15) is 35.7 Å². The Kier molecular flexibility index (Phi) is 3.60. The monoisotopic (exact) mass is 319 g/mol. The van der Waals surface area contributed by atoms with Crippen LogP contribution < -0.4 is 0 Å². The molecular weight excluding hydrogens is 298 g/mol. The lowest BCUT2D eigenvalue weighted by atomic mass is 9.76. The van der Waals surface area contributed by atoms with Crippen LogP contribution in [0.2, 0.25) is 0 Å². The van der Waals surface area contributed by atoms with E-state index in [9.17, 15) is 4.79 Å². The summed E-state index contributed by atoms with van der Waals surface area (Å²) in [7, 11) is 0. The second kappa shape index (κ2) is 5.78. The number of piperidine rings is 1. The molecule has 4 heteroatoms. The lowest BCUT2D eigenvalue weighted by molar-refractivity contribution is 0.0653. The van der Waals surface area contributed by atoms with Gasteiger partial charge in [0.2, 0.25) is 0 Å². The fourth-order valence-electron chi connectivity index (χ4n) is 3.76. The Morgan fingerprint density at radius 2 is 1.92 bits per heavy atom. The highest BCUT2D eigenvalue weighted by atomic mass is 16.2. The first-order valence-corrected chi connectivity index (χ1v) is 8.45. The van der Waals surface area contributed by atoms with E-state index in [1.165, 1.54) is 5.56 Å². The molecule has 0 aliphatic carbocycles. The Morgan fingerprint density at radius 1 is 1.12 bits per heavy atom. The molecule has 1 atom stereocenters. The maximum absolute atomic E-state index is 13.1. The molecule has 1 amide bonds. The number of hydrogen-bond acceptors (Lipinski definition) is 2. The molecule has 4 rings (SSSR count). The van der Waals surface area contributed by atoms with Gasteiger partial charge in [0.25, 0.3) is 5.91 Å². The molecule has 1 aromatic carbocycles. The summed E-state index contributed by atoms with van der Waals surface area (Å²) in [6.07, 6.45) is 5.69. The van der Waals surface area contributed by atoms with Crippen molar-refractivity contribution in [3.8, 4) is 0 Å². The molecule has 2 aromatic heterocycles. The predicted molar refractivity (Wildman–Crippen MR) is 94.1 cm³/mol. The number of fused-ring (bicyclic) bond motifs is 1. The van der Waals surface area contributed by atoms with Gasteiger partial charge in [-0.25, -0.2) is 4.52 Å². The maximum Gasteiger partial charge on any atom is 0.257 e. The number of hydrogen-bond donors (Lipinski definition) is 0. The van der Waals surface area contributed by atoms with Crippen LogP contribution in [0.4, 0.5) is 0 Å². The van der Waals surface area contributed by atoms with Crippen LogP contribution in [0.25, 0.3) is 5.52 Å². The summed E-state index contributed by atoms with van der Waals surface area (Å²) in [5.41, 5.74) is 2.88. The van der Waals surface area contributed by atoms with Gasteiger partial charge in [-0.3, -0.25) is 4.79 Å². The normalized spacial score (nSPS) is 21.1. The third kappa shape index (κ3) is 2.48. The van der Waals surface area contributed by atoms with Gasteiger partial charge >= 0.3 is 0 Å².